The normalized spacial score (nSPS) is 34.3. The number of nitriles is 1. The van der Waals surface area contributed by atoms with Crippen molar-refractivity contribution in [3.63, 3.8) is 0 Å². The van der Waals surface area contributed by atoms with Crippen molar-refractivity contribution in [2.24, 2.45) is 11.8 Å². The molecular formula is C22H21ClN2O7. The lowest BCUT2D eigenvalue weighted by molar-refractivity contribution is -0.166. The zero-order valence-corrected chi connectivity index (χ0v) is 18.3. The Labute approximate surface area is 188 Å². The predicted molar refractivity (Wildman–Crippen MR) is 110 cm³/mol. The lowest BCUT2D eigenvalue weighted by atomic mass is 9.58. The zero-order chi connectivity index (χ0) is 23.7. The van der Waals surface area contributed by atoms with Gasteiger partial charge in [0.1, 0.15) is 28.6 Å². The molecule has 4 rings (SSSR count). The first-order valence-corrected chi connectivity index (χ1v) is 10.3. The Morgan fingerprint density at radius 3 is 2.50 bits per heavy atom. The van der Waals surface area contributed by atoms with Crippen molar-refractivity contribution in [2.75, 3.05) is 14.1 Å². The van der Waals surface area contributed by atoms with Gasteiger partial charge in [-0.1, -0.05) is 11.6 Å². The molecule has 1 aromatic carbocycles. The van der Waals surface area contributed by atoms with Crippen LogP contribution in [-0.4, -0.2) is 63.5 Å². The minimum atomic E-state index is -2.42. The number of phenols is 1. The fourth-order valence-corrected chi connectivity index (χ4v) is 5.76. The largest absolute Gasteiger partial charge is 0.507 e. The van der Waals surface area contributed by atoms with Crippen LogP contribution in [-0.2, 0) is 19.9 Å². The summed E-state index contributed by atoms with van der Waals surface area (Å²) in [6, 6.07) is 3.21. The Hall–Kier alpha value is -2.93. The Morgan fingerprint density at radius 2 is 1.91 bits per heavy atom. The summed E-state index contributed by atoms with van der Waals surface area (Å²) >= 11 is 6.35. The Bertz CT molecular complexity index is 1150. The first-order chi connectivity index (χ1) is 14.9. The van der Waals surface area contributed by atoms with Gasteiger partial charge in [0.15, 0.2) is 22.9 Å². The van der Waals surface area contributed by atoms with Gasteiger partial charge in [-0.25, -0.2) is 4.79 Å². The summed E-state index contributed by atoms with van der Waals surface area (Å²) < 4.78 is 5.63. The number of cyclic esters (lactones) is 1. The molecule has 9 nitrogen and oxygen atoms in total. The maximum atomic E-state index is 13.2. The van der Waals surface area contributed by atoms with E-state index in [0.29, 0.717) is 0 Å². The first kappa shape index (κ1) is 22.3. The van der Waals surface area contributed by atoms with Crippen molar-refractivity contribution < 1.29 is 34.4 Å². The number of ether oxygens (including phenoxy) is 1. The second-order valence-electron chi connectivity index (χ2n) is 8.85. The van der Waals surface area contributed by atoms with Crippen molar-refractivity contribution in [3.05, 3.63) is 39.6 Å². The highest BCUT2D eigenvalue weighted by molar-refractivity contribution is 6.32. The van der Waals surface area contributed by atoms with Crippen LogP contribution in [0.4, 0.5) is 0 Å². The minimum Gasteiger partial charge on any atom is -0.507 e. The molecule has 168 valence electrons. The number of likely N-dealkylation sites (N-methyl/N-ethyl adjacent to an activating group) is 1. The summed E-state index contributed by atoms with van der Waals surface area (Å²) in [5.74, 6) is -5.39. The smallest absolute Gasteiger partial charge is 0.343 e. The molecule has 3 aliphatic rings. The number of nitrogens with zero attached hydrogens (tertiary/aromatic N) is 2. The third-order valence-electron chi connectivity index (χ3n) is 7.01. The molecule has 1 saturated carbocycles. The van der Waals surface area contributed by atoms with E-state index in [9.17, 15) is 35.0 Å². The number of carbonyl (C=O) groups excluding carboxylic acids is 3. The number of rotatable bonds is 2. The van der Waals surface area contributed by atoms with Gasteiger partial charge in [0.25, 0.3) is 0 Å². The molecule has 0 radical (unpaired) electrons. The van der Waals surface area contributed by atoms with Gasteiger partial charge in [-0.15, -0.1) is 0 Å². The van der Waals surface area contributed by atoms with Crippen LogP contribution >= 0.6 is 11.6 Å². The van der Waals surface area contributed by atoms with Crippen LogP contribution in [0.25, 0.3) is 0 Å². The predicted octanol–water partition coefficient (Wildman–Crippen LogP) is 1.61. The van der Waals surface area contributed by atoms with Crippen LogP contribution in [0.2, 0.25) is 5.02 Å². The van der Waals surface area contributed by atoms with E-state index in [-0.39, 0.29) is 34.7 Å². The number of ketones is 2. The SMILES string of the molecule is CN(C)[C@@H]1C(=O)C(C#N)=C(O)[C@]2(O)C(=O)C[C@H]([C@@]3(C)OC(=O)c4c(O)ccc(Cl)c43)C[C@H]12. The summed E-state index contributed by atoms with van der Waals surface area (Å²) in [5, 5.41) is 41.6. The van der Waals surface area contributed by atoms with Gasteiger partial charge < -0.3 is 20.1 Å². The molecular weight excluding hydrogens is 440 g/mol. The number of phenolic OH excluding ortho intramolecular Hbond substituents is 1. The fraction of sp³-hybridized carbons (Fsp3) is 0.455. The molecule has 10 heteroatoms. The molecule has 1 aliphatic heterocycles. The van der Waals surface area contributed by atoms with Crippen LogP contribution in [0.5, 0.6) is 5.75 Å². The number of fused-ring (bicyclic) bond motifs is 2. The van der Waals surface area contributed by atoms with E-state index in [4.69, 9.17) is 16.3 Å². The van der Waals surface area contributed by atoms with E-state index >= 15 is 0 Å². The molecule has 1 heterocycles. The summed E-state index contributed by atoms with van der Waals surface area (Å²) in [5.41, 5.74) is -4.35. The molecule has 0 amide bonds. The Kier molecular flexibility index (Phi) is 4.90. The van der Waals surface area contributed by atoms with E-state index in [1.54, 1.807) is 27.1 Å². The van der Waals surface area contributed by atoms with Crippen LogP contribution in [0.1, 0.15) is 35.7 Å². The van der Waals surface area contributed by atoms with Gasteiger partial charge in [0.2, 0.25) is 0 Å². The highest BCUT2D eigenvalue weighted by Crippen LogP contribution is 2.55. The Morgan fingerprint density at radius 1 is 1.25 bits per heavy atom. The third-order valence-corrected chi connectivity index (χ3v) is 7.33. The van der Waals surface area contributed by atoms with Crippen LogP contribution < -0.4 is 0 Å². The quantitative estimate of drug-likeness (QED) is 0.559. The van der Waals surface area contributed by atoms with Gasteiger partial charge in [-0.3, -0.25) is 14.5 Å². The lowest BCUT2D eigenvalue weighted by Crippen LogP contribution is -2.65. The number of Topliss-reactive ketones (excluding diaryl/α,β-unsaturated/α-hetero) is 2. The maximum Gasteiger partial charge on any atom is 0.343 e. The number of hydrogen-bond donors (Lipinski definition) is 3. The second-order valence-corrected chi connectivity index (χ2v) is 9.26. The second kappa shape index (κ2) is 7.04. The number of carbonyl (C=O) groups is 3. The summed E-state index contributed by atoms with van der Waals surface area (Å²) in [4.78, 5) is 40.2. The number of aliphatic hydroxyl groups excluding tert-OH is 1. The summed E-state index contributed by atoms with van der Waals surface area (Å²) in [6.45, 7) is 1.57. The number of benzene rings is 1. The number of halogens is 1. The molecule has 0 saturated heterocycles. The van der Waals surface area contributed by atoms with Crippen molar-refractivity contribution in [3.8, 4) is 11.8 Å². The van der Waals surface area contributed by atoms with Crippen molar-refractivity contribution in [1.82, 2.24) is 4.90 Å². The maximum absolute atomic E-state index is 13.2. The first-order valence-electron chi connectivity index (χ1n) is 9.94. The average molecular weight is 461 g/mol. The van der Waals surface area contributed by atoms with Crippen molar-refractivity contribution in [1.29, 1.82) is 5.26 Å². The van der Waals surface area contributed by atoms with E-state index in [0.717, 1.165) is 0 Å². The average Bonchev–Trinajstić information content (AvgIpc) is 3.00. The van der Waals surface area contributed by atoms with Gasteiger partial charge in [-0.2, -0.15) is 5.26 Å². The Balaban J connectivity index is 1.86. The van der Waals surface area contributed by atoms with Crippen molar-refractivity contribution in [2.45, 2.75) is 37.0 Å². The van der Waals surface area contributed by atoms with Crippen LogP contribution in [0.15, 0.2) is 23.5 Å². The van der Waals surface area contributed by atoms with Gasteiger partial charge in [0.05, 0.1) is 6.04 Å². The van der Waals surface area contributed by atoms with Gasteiger partial charge in [0, 0.05) is 28.8 Å². The molecule has 1 aromatic rings. The molecule has 3 N–H and O–H groups in total. The van der Waals surface area contributed by atoms with E-state index < -0.39 is 57.9 Å². The topological polar surface area (TPSA) is 148 Å². The van der Waals surface area contributed by atoms with E-state index in [1.165, 1.54) is 17.0 Å². The summed E-state index contributed by atoms with van der Waals surface area (Å²) in [7, 11) is 3.13. The molecule has 0 unspecified atom stereocenters. The van der Waals surface area contributed by atoms with E-state index in [1.807, 2.05) is 0 Å². The molecule has 0 aromatic heterocycles. The lowest BCUT2D eigenvalue weighted by Gasteiger charge is -2.50. The van der Waals surface area contributed by atoms with Crippen molar-refractivity contribution >= 4 is 29.1 Å². The molecule has 0 spiro atoms. The summed E-state index contributed by atoms with van der Waals surface area (Å²) in [6.07, 6.45) is -0.325. The fourth-order valence-electron chi connectivity index (χ4n) is 5.41. The molecule has 2 aliphatic carbocycles. The number of esters is 1. The third kappa shape index (κ3) is 2.67. The molecule has 1 fully saturated rings. The number of hydrogen-bond acceptors (Lipinski definition) is 9. The minimum absolute atomic E-state index is 0.00516. The molecule has 32 heavy (non-hydrogen) atoms. The zero-order valence-electron chi connectivity index (χ0n) is 17.5. The number of aromatic hydroxyl groups is 1. The van der Waals surface area contributed by atoms with Gasteiger partial charge >= 0.3 is 5.97 Å². The molecule has 0 bridgehead atoms. The van der Waals surface area contributed by atoms with Crippen LogP contribution in [0, 0.1) is 23.2 Å². The molecule has 5 atom stereocenters. The highest BCUT2D eigenvalue weighted by Gasteiger charge is 2.64. The van der Waals surface area contributed by atoms with Gasteiger partial charge in [-0.05, 0) is 39.6 Å². The number of aliphatic hydroxyl groups is 2. The highest BCUT2D eigenvalue weighted by atomic mass is 35.5. The monoisotopic (exact) mass is 460 g/mol. The standard InChI is InChI=1S/C22H21ClN2O7/c1-21(16-12(23)4-5-13(26)15(16)20(30)32-21)9-6-11-17(25(2)3)18(28)10(8-24)19(29)22(11,31)14(27)7-9/h4-5,9,11,17,26,29,31H,6-7H2,1-3H3/t9-,11-,17+,21-,22-/m1/s1. The van der Waals surface area contributed by atoms with E-state index in [2.05, 4.69) is 0 Å². The van der Waals surface area contributed by atoms with Crippen LogP contribution in [0.3, 0.4) is 0 Å².